The molecule has 0 amide bonds. The lowest BCUT2D eigenvalue weighted by Crippen LogP contribution is -1.97. The van der Waals surface area contributed by atoms with Crippen molar-refractivity contribution in [2.24, 2.45) is 0 Å². The quantitative estimate of drug-likeness (QED) is 0.652. The smallest absolute Gasteiger partial charge is 0.187 e. The monoisotopic (exact) mass is 295 g/mol. The number of allylic oxidation sites excluding steroid dienone is 1. The maximum absolute atomic E-state index is 12.0. The number of hydrogen-bond donors (Lipinski definition) is 1. The first-order chi connectivity index (χ1) is 10.6. The molecule has 2 aromatic rings. The van der Waals surface area contributed by atoms with Crippen LogP contribution in [0, 0.1) is 0 Å². The molecular weight excluding hydrogens is 278 g/mol. The molecule has 0 unspecified atom stereocenters. The molecule has 0 fully saturated rings. The minimum Gasteiger partial charge on any atom is -0.497 e. The van der Waals surface area contributed by atoms with Crippen LogP contribution in [0.25, 0.3) is 0 Å². The van der Waals surface area contributed by atoms with E-state index in [1.54, 1.807) is 55.8 Å². The van der Waals surface area contributed by atoms with Crippen molar-refractivity contribution in [3.63, 3.8) is 0 Å². The second-order valence-electron chi connectivity index (χ2n) is 4.71. The zero-order valence-corrected chi connectivity index (χ0v) is 12.5. The van der Waals surface area contributed by atoms with Crippen molar-refractivity contribution in [2.45, 2.75) is 6.92 Å². The average molecular weight is 295 g/mol. The number of hydrogen-bond acceptors (Lipinski definition) is 4. The Morgan fingerprint density at radius 3 is 2.41 bits per heavy atom. The Morgan fingerprint density at radius 1 is 1.05 bits per heavy atom. The number of benzene rings is 2. The third-order valence-corrected chi connectivity index (χ3v) is 3.13. The van der Waals surface area contributed by atoms with Gasteiger partial charge in [0, 0.05) is 29.1 Å². The fraction of sp³-hybridized carbons (Fsp3) is 0.111. The molecule has 0 spiro atoms. The Balaban J connectivity index is 2.00. The van der Waals surface area contributed by atoms with E-state index in [1.807, 2.05) is 6.07 Å². The van der Waals surface area contributed by atoms with E-state index in [2.05, 4.69) is 5.32 Å². The second kappa shape index (κ2) is 7.22. The van der Waals surface area contributed by atoms with Gasteiger partial charge in [0.1, 0.15) is 5.75 Å². The van der Waals surface area contributed by atoms with Crippen molar-refractivity contribution in [1.29, 1.82) is 0 Å². The van der Waals surface area contributed by atoms with Crippen molar-refractivity contribution in [1.82, 2.24) is 0 Å². The van der Waals surface area contributed by atoms with E-state index in [1.165, 1.54) is 13.0 Å². The van der Waals surface area contributed by atoms with Gasteiger partial charge < -0.3 is 10.1 Å². The Hall–Kier alpha value is -2.88. The van der Waals surface area contributed by atoms with Crippen LogP contribution in [0.3, 0.4) is 0 Å². The minimum absolute atomic E-state index is 0.00180. The molecule has 0 heterocycles. The van der Waals surface area contributed by atoms with Gasteiger partial charge in [0.05, 0.1) is 7.11 Å². The highest BCUT2D eigenvalue weighted by molar-refractivity contribution is 6.04. The molecule has 0 bridgehead atoms. The molecule has 0 aliphatic rings. The molecule has 0 aromatic heterocycles. The van der Waals surface area contributed by atoms with Gasteiger partial charge in [0.15, 0.2) is 11.6 Å². The number of Topliss-reactive ketones (excluding diaryl/α,β-unsaturated/α-hetero) is 1. The van der Waals surface area contributed by atoms with Gasteiger partial charge in [-0.2, -0.15) is 0 Å². The molecule has 0 aliphatic carbocycles. The second-order valence-corrected chi connectivity index (χ2v) is 4.71. The molecule has 0 saturated heterocycles. The van der Waals surface area contributed by atoms with E-state index in [0.29, 0.717) is 16.9 Å². The normalized spacial score (nSPS) is 10.5. The Labute approximate surface area is 129 Å². The van der Waals surface area contributed by atoms with Crippen molar-refractivity contribution >= 4 is 17.3 Å². The zero-order chi connectivity index (χ0) is 15.9. The lowest BCUT2D eigenvalue weighted by atomic mass is 10.1. The van der Waals surface area contributed by atoms with Crippen LogP contribution in [-0.4, -0.2) is 18.7 Å². The minimum atomic E-state index is -0.113. The standard InChI is InChI=1S/C18H17NO3/c1-13(20)15-4-3-5-16(12-15)19-11-10-18(21)14-6-8-17(22-2)9-7-14/h3-12,19H,1-2H3/b11-10+. The van der Waals surface area contributed by atoms with E-state index in [-0.39, 0.29) is 11.6 Å². The predicted molar refractivity (Wildman–Crippen MR) is 86.5 cm³/mol. The molecular formula is C18H17NO3. The summed E-state index contributed by atoms with van der Waals surface area (Å²) in [6, 6.07) is 14.0. The van der Waals surface area contributed by atoms with Crippen LogP contribution in [0.15, 0.2) is 60.8 Å². The van der Waals surface area contributed by atoms with Gasteiger partial charge in [-0.3, -0.25) is 9.59 Å². The summed E-state index contributed by atoms with van der Waals surface area (Å²) in [4.78, 5) is 23.3. The highest BCUT2D eigenvalue weighted by Crippen LogP contribution is 2.13. The molecule has 4 nitrogen and oxygen atoms in total. The van der Waals surface area contributed by atoms with Gasteiger partial charge in [-0.1, -0.05) is 12.1 Å². The van der Waals surface area contributed by atoms with E-state index in [9.17, 15) is 9.59 Å². The van der Waals surface area contributed by atoms with Gasteiger partial charge in [0.2, 0.25) is 0 Å². The van der Waals surface area contributed by atoms with Crippen molar-refractivity contribution < 1.29 is 14.3 Å². The van der Waals surface area contributed by atoms with Crippen molar-refractivity contribution in [2.75, 3.05) is 12.4 Å². The lowest BCUT2D eigenvalue weighted by molar-refractivity contribution is 0.101. The first kappa shape index (κ1) is 15.5. The molecule has 0 radical (unpaired) electrons. The highest BCUT2D eigenvalue weighted by Gasteiger charge is 2.02. The van der Waals surface area contributed by atoms with Gasteiger partial charge >= 0.3 is 0 Å². The SMILES string of the molecule is COc1ccc(C(=O)/C=C/Nc2cccc(C(C)=O)c2)cc1. The molecule has 0 atom stereocenters. The predicted octanol–water partition coefficient (Wildman–Crippen LogP) is 3.71. The maximum atomic E-state index is 12.0. The topological polar surface area (TPSA) is 55.4 Å². The molecule has 112 valence electrons. The molecule has 0 saturated carbocycles. The summed E-state index contributed by atoms with van der Waals surface area (Å²) >= 11 is 0. The number of carbonyl (C=O) groups is 2. The van der Waals surface area contributed by atoms with Gasteiger partial charge in [-0.25, -0.2) is 0 Å². The average Bonchev–Trinajstić information content (AvgIpc) is 2.55. The summed E-state index contributed by atoms with van der Waals surface area (Å²) in [5.74, 6) is 0.597. The molecule has 2 rings (SSSR count). The molecule has 1 N–H and O–H groups in total. The first-order valence-electron chi connectivity index (χ1n) is 6.82. The number of ether oxygens (including phenoxy) is 1. The van der Waals surface area contributed by atoms with Gasteiger partial charge in [0.25, 0.3) is 0 Å². The van der Waals surface area contributed by atoms with Crippen LogP contribution in [0.4, 0.5) is 5.69 Å². The molecule has 0 aliphatic heterocycles. The summed E-state index contributed by atoms with van der Waals surface area (Å²) in [5.41, 5.74) is 1.96. The number of methoxy groups -OCH3 is 1. The lowest BCUT2D eigenvalue weighted by Gasteiger charge is -2.03. The van der Waals surface area contributed by atoms with Crippen LogP contribution in [0.5, 0.6) is 5.75 Å². The largest absolute Gasteiger partial charge is 0.497 e. The Bertz CT molecular complexity index is 703. The van der Waals surface area contributed by atoms with Gasteiger partial charge in [-0.05, 0) is 43.3 Å². The molecule has 22 heavy (non-hydrogen) atoms. The summed E-state index contributed by atoms with van der Waals surface area (Å²) in [6.07, 6.45) is 3.01. The summed E-state index contributed by atoms with van der Waals surface area (Å²) < 4.78 is 5.05. The van der Waals surface area contributed by atoms with E-state index >= 15 is 0 Å². The van der Waals surface area contributed by atoms with Crippen LogP contribution < -0.4 is 10.1 Å². The summed E-state index contributed by atoms with van der Waals surface area (Å²) in [7, 11) is 1.58. The number of anilines is 1. The molecule has 2 aromatic carbocycles. The van der Waals surface area contributed by atoms with Crippen LogP contribution in [-0.2, 0) is 0 Å². The van der Waals surface area contributed by atoms with Crippen LogP contribution in [0.1, 0.15) is 27.6 Å². The first-order valence-corrected chi connectivity index (χ1v) is 6.82. The fourth-order valence-electron chi connectivity index (χ4n) is 1.89. The summed E-state index contributed by atoms with van der Waals surface area (Å²) in [5, 5.41) is 2.98. The number of rotatable bonds is 6. The van der Waals surface area contributed by atoms with Crippen molar-refractivity contribution in [3.8, 4) is 5.75 Å². The summed E-state index contributed by atoms with van der Waals surface area (Å²) in [6.45, 7) is 1.52. The molecule has 4 heteroatoms. The third-order valence-electron chi connectivity index (χ3n) is 3.13. The van der Waals surface area contributed by atoms with E-state index in [0.717, 1.165) is 5.69 Å². The van der Waals surface area contributed by atoms with Crippen LogP contribution >= 0.6 is 0 Å². The van der Waals surface area contributed by atoms with E-state index < -0.39 is 0 Å². The maximum Gasteiger partial charge on any atom is 0.187 e. The third kappa shape index (κ3) is 4.06. The van der Waals surface area contributed by atoms with Gasteiger partial charge in [-0.15, -0.1) is 0 Å². The Morgan fingerprint density at radius 2 is 1.77 bits per heavy atom. The van der Waals surface area contributed by atoms with Crippen LogP contribution in [0.2, 0.25) is 0 Å². The number of nitrogens with one attached hydrogen (secondary N) is 1. The number of carbonyl (C=O) groups excluding carboxylic acids is 2. The number of ketones is 2. The highest BCUT2D eigenvalue weighted by atomic mass is 16.5. The Kier molecular flexibility index (Phi) is 5.09. The zero-order valence-electron chi connectivity index (χ0n) is 12.5. The fourth-order valence-corrected chi connectivity index (χ4v) is 1.89. The van der Waals surface area contributed by atoms with E-state index in [4.69, 9.17) is 4.74 Å². The van der Waals surface area contributed by atoms with Crippen molar-refractivity contribution in [3.05, 3.63) is 71.9 Å².